The molecule has 0 amide bonds. The number of fused-ring (bicyclic) bond motifs is 1. The van der Waals surface area contributed by atoms with Crippen molar-refractivity contribution >= 4 is 17.2 Å². The molecule has 1 heterocycles. The van der Waals surface area contributed by atoms with Crippen LogP contribution in [-0.2, 0) is 6.54 Å². The van der Waals surface area contributed by atoms with Gasteiger partial charge in [0.05, 0.1) is 13.2 Å². The molecule has 4 nitrogen and oxygen atoms in total. The van der Waals surface area contributed by atoms with Crippen molar-refractivity contribution in [1.82, 2.24) is 4.57 Å². The van der Waals surface area contributed by atoms with Gasteiger partial charge < -0.3 is 14.0 Å². The third-order valence-electron chi connectivity index (χ3n) is 4.13. The number of unbranched alkanes of at least 4 members (excludes halogenated alkanes) is 1. The van der Waals surface area contributed by atoms with Gasteiger partial charge in [-0.05, 0) is 50.1 Å². The van der Waals surface area contributed by atoms with Crippen LogP contribution in [0.25, 0.3) is 10.9 Å². The van der Waals surface area contributed by atoms with Crippen LogP contribution in [-0.4, -0.2) is 24.1 Å². The van der Waals surface area contributed by atoms with E-state index in [-0.39, 0.29) is 0 Å². The smallest absolute Gasteiger partial charge is 0.152 e. The van der Waals surface area contributed by atoms with Crippen LogP contribution in [0.1, 0.15) is 30.1 Å². The normalized spacial score (nSPS) is 10.8. The van der Waals surface area contributed by atoms with Crippen molar-refractivity contribution in [2.75, 3.05) is 13.2 Å². The predicted molar refractivity (Wildman–Crippen MR) is 99.7 cm³/mol. The van der Waals surface area contributed by atoms with E-state index in [0.29, 0.717) is 18.8 Å². The van der Waals surface area contributed by atoms with Gasteiger partial charge in [0.25, 0.3) is 0 Å². The Balaban J connectivity index is 1.60. The van der Waals surface area contributed by atoms with Crippen molar-refractivity contribution in [3.05, 3.63) is 60.3 Å². The maximum Gasteiger partial charge on any atom is 0.152 e. The third kappa shape index (κ3) is 4.21. The first-order valence-electron chi connectivity index (χ1n) is 8.70. The van der Waals surface area contributed by atoms with E-state index in [4.69, 9.17) is 9.47 Å². The van der Waals surface area contributed by atoms with E-state index in [9.17, 15) is 4.79 Å². The van der Waals surface area contributed by atoms with Crippen molar-refractivity contribution in [3.63, 3.8) is 0 Å². The van der Waals surface area contributed by atoms with E-state index in [2.05, 4.69) is 4.57 Å². The topological polar surface area (TPSA) is 40.5 Å². The summed E-state index contributed by atoms with van der Waals surface area (Å²) in [7, 11) is 0. The molecular weight excluding hydrogens is 314 g/mol. The highest BCUT2D eigenvalue weighted by Gasteiger charge is 2.09. The number of aryl methyl sites for hydroxylation is 1. The van der Waals surface area contributed by atoms with Crippen molar-refractivity contribution in [1.29, 1.82) is 0 Å². The lowest BCUT2D eigenvalue weighted by Crippen LogP contribution is -2.01. The van der Waals surface area contributed by atoms with E-state index in [1.54, 1.807) is 0 Å². The molecule has 0 aliphatic rings. The molecule has 0 spiro atoms. The van der Waals surface area contributed by atoms with Crippen LogP contribution in [0.4, 0.5) is 0 Å². The second kappa shape index (κ2) is 8.38. The number of carbonyl (C=O) groups is 1. The van der Waals surface area contributed by atoms with Crippen LogP contribution >= 0.6 is 0 Å². The van der Waals surface area contributed by atoms with Gasteiger partial charge in [-0.15, -0.1) is 0 Å². The van der Waals surface area contributed by atoms with E-state index in [1.807, 2.05) is 61.7 Å². The predicted octanol–water partition coefficient (Wildman–Crippen LogP) is 4.71. The van der Waals surface area contributed by atoms with Crippen LogP contribution < -0.4 is 9.47 Å². The zero-order valence-electron chi connectivity index (χ0n) is 14.5. The molecule has 0 saturated heterocycles. The van der Waals surface area contributed by atoms with Crippen LogP contribution in [0.5, 0.6) is 11.5 Å². The summed E-state index contributed by atoms with van der Waals surface area (Å²) in [6.45, 7) is 4.12. The highest BCUT2D eigenvalue weighted by atomic mass is 16.5. The average Bonchev–Trinajstić information content (AvgIpc) is 3.00. The Labute approximate surface area is 148 Å². The molecule has 0 aliphatic carbocycles. The number of rotatable bonds is 9. The number of aldehydes is 1. The first kappa shape index (κ1) is 17.1. The first-order valence-corrected chi connectivity index (χ1v) is 8.70. The second-order valence-electron chi connectivity index (χ2n) is 5.88. The van der Waals surface area contributed by atoms with E-state index in [0.717, 1.165) is 48.1 Å². The van der Waals surface area contributed by atoms with E-state index >= 15 is 0 Å². The molecule has 0 aliphatic heterocycles. The van der Waals surface area contributed by atoms with Gasteiger partial charge in [0.15, 0.2) is 6.29 Å². The van der Waals surface area contributed by atoms with Crippen molar-refractivity contribution in [3.8, 4) is 11.5 Å². The lowest BCUT2D eigenvalue weighted by molar-refractivity contribution is 0.112. The summed E-state index contributed by atoms with van der Waals surface area (Å²) in [5.74, 6) is 1.70. The average molecular weight is 337 g/mol. The molecule has 0 unspecified atom stereocenters. The minimum atomic E-state index is 0.615. The van der Waals surface area contributed by atoms with Gasteiger partial charge in [0, 0.05) is 29.2 Å². The van der Waals surface area contributed by atoms with Crippen LogP contribution in [0.2, 0.25) is 0 Å². The number of para-hydroxylation sites is 1. The molecule has 130 valence electrons. The molecule has 25 heavy (non-hydrogen) atoms. The lowest BCUT2D eigenvalue weighted by Gasteiger charge is -2.08. The summed E-state index contributed by atoms with van der Waals surface area (Å²) in [6, 6.07) is 15.8. The molecule has 0 radical (unpaired) electrons. The molecule has 1 aromatic heterocycles. The third-order valence-corrected chi connectivity index (χ3v) is 4.13. The van der Waals surface area contributed by atoms with E-state index < -0.39 is 0 Å². The number of nitrogens with zero attached hydrogens (tertiary/aromatic N) is 1. The van der Waals surface area contributed by atoms with Gasteiger partial charge in [-0.3, -0.25) is 4.79 Å². The minimum Gasteiger partial charge on any atom is -0.494 e. The molecular formula is C21H23NO3. The number of hydrogen-bond acceptors (Lipinski definition) is 3. The van der Waals surface area contributed by atoms with Gasteiger partial charge >= 0.3 is 0 Å². The van der Waals surface area contributed by atoms with Crippen molar-refractivity contribution in [2.24, 2.45) is 0 Å². The molecule has 3 aromatic rings. The number of benzene rings is 2. The fraction of sp³-hybridized carbons (Fsp3) is 0.286. The van der Waals surface area contributed by atoms with Crippen molar-refractivity contribution < 1.29 is 14.3 Å². The van der Waals surface area contributed by atoms with Crippen LogP contribution in [0, 0.1) is 0 Å². The molecule has 2 aromatic carbocycles. The molecule has 0 fully saturated rings. The monoisotopic (exact) mass is 337 g/mol. The lowest BCUT2D eigenvalue weighted by atomic mass is 10.2. The zero-order valence-corrected chi connectivity index (χ0v) is 14.5. The van der Waals surface area contributed by atoms with Gasteiger partial charge in [-0.25, -0.2) is 0 Å². The SMILES string of the molecule is CCOc1ccc2c(c1)c(C=O)cn2CCCCOc1ccccc1. The van der Waals surface area contributed by atoms with Crippen LogP contribution in [0.3, 0.4) is 0 Å². The Hall–Kier alpha value is -2.75. The summed E-state index contributed by atoms with van der Waals surface area (Å²) in [5.41, 5.74) is 1.77. The minimum absolute atomic E-state index is 0.615. The molecule has 0 saturated carbocycles. The second-order valence-corrected chi connectivity index (χ2v) is 5.88. The first-order chi connectivity index (χ1) is 12.3. The van der Waals surface area contributed by atoms with Crippen molar-refractivity contribution in [2.45, 2.75) is 26.3 Å². The molecule has 4 heteroatoms. The molecule has 0 bridgehead atoms. The van der Waals surface area contributed by atoms with Gasteiger partial charge in [-0.1, -0.05) is 18.2 Å². The summed E-state index contributed by atoms with van der Waals surface area (Å²) in [6.07, 6.45) is 4.78. The highest BCUT2D eigenvalue weighted by Crippen LogP contribution is 2.25. The molecule has 3 rings (SSSR count). The summed E-state index contributed by atoms with van der Waals surface area (Å²) >= 11 is 0. The Bertz CT molecular complexity index is 824. The Morgan fingerprint density at radius 3 is 2.60 bits per heavy atom. The summed E-state index contributed by atoms with van der Waals surface area (Å²) in [5, 5.41) is 0.946. The quantitative estimate of drug-likeness (QED) is 0.419. The standard InChI is InChI=1S/C21H23NO3/c1-2-24-19-10-11-21-20(14-19)17(16-23)15-22(21)12-6-7-13-25-18-8-4-3-5-9-18/h3-5,8-11,14-16H,2,6-7,12-13H2,1H3. The Morgan fingerprint density at radius 2 is 1.84 bits per heavy atom. The number of carbonyl (C=O) groups excluding carboxylic acids is 1. The zero-order chi connectivity index (χ0) is 17.5. The highest BCUT2D eigenvalue weighted by molar-refractivity contribution is 5.98. The van der Waals surface area contributed by atoms with Gasteiger partial charge in [0.1, 0.15) is 11.5 Å². The Morgan fingerprint density at radius 1 is 1.00 bits per heavy atom. The fourth-order valence-electron chi connectivity index (χ4n) is 2.93. The van der Waals surface area contributed by atoms with E-state index in [1.165, 1.54) is 0 Å². The van der Waals surface area contributed by atoms with Crippen LogP contribution in [0.15, 0.2) is 54.7 Å². The maximum absolute atomic E-state index is 11.4. The number of aromatic nitrogens is 1. The molecule has 0 atom stereocenters. The number of hydrogen-bond donors (Lipinski definition) is 0. The Kier molecular flexibility index (Phi) is 5.73. The van der Waals surface area contributed by atoms with Gasteiger partial charge in [0.2, 0.25) is 0 Å². The maximum atomic E-state index is 11.4. The summed E-state index contributed by atoms with van der Waals surface area (Å²) < 4.78 is 13.4. The molecule has 0 N–H and O–H groups in total. The summed E-state index contributed by atoms with van der Waals surface area (Å²) in [4.78, 5) is 11.4. The fourth-order valence-corrected chi connectivity index (χ4v) is 2.93. The largest absolute Gasteiger partial charge is 0.494 e. The number of ether oxygens (including phenoxy) is 2. The van der Waals surface area contributed by atoms with Gasteiger partial charge in [-0.2, -0.15) is 0 Å².